The van der Waals surface area contributed by atoms with Crippen LogP contribution in [0.25, 0.3) is 5.69 Å². The van der Waals surface area contributed by atoms with E-state index in [-0.39, 0.29) is 11.9 Å². The van der Waals surface area contributed by atoms with Crippen LogP contribution >= 0.6 is 0 Å². The van der Waals surface area contributed by atoms with E-state index in [0.29, 0.717) is 13.1 Å². The van der Waals surface area contributed by atoms with Gasteiger partial charge in [-0.3, -0.25) is 5.10 Å². The quantitative estimate of drug-likeness (QED) is 0.705. The molecule has 2 N–H and O–H groups in total. The minimum atomic E-state index is -0.0710. The molecule has 9 heteroatoms. The van der Waals surface area contributed by atoms with Gasteiger partial charge in [0.25, 0.3) is 0 Å². The Bertz CT molecular complexity index is 922. The second kappa shape index (κ2) is 8.12. The normalized spacial score (nSPS) is 16.8. The lowest BCUT2D eigenvalue weighted by atomic mass is 9.98. The number of hydrogen-bond donors (Lipinski definition) is 2. The Kier molecular flexibility index (Phi) is 5.22. The number of rotatable bonds is 5. The van der Waals surface area contributed by atoms with E-state index in [1.54, 1.807) is 18.0 Å². The van der Waals surface area contributed by atoms with Gasteiger partial charge in [0.15, 0.2) is 0 Å². The zero-order chi connectivity index (χ0) is 19.3. The van der Waals surface area contributed by atoms with Crippen molar-refractivity contribution in [3.05, 3.63) is 54.4 Å². The SMILES string of the molecule is COc1cccc(-n2cc(CNC(=O)N3CCC[C@@H](c4ncn[nH]4)C3)cn2)c1. The lowest BCUT2D eigenvalue weighted by Crippen LogP contribution is -2.44. The zero-order valence-electron chi connectivity index (χ0n) is 15.7. The third-order valence-corrected chi connectivity index (χ3v) is 4.93. The van der Waals surface area contributed by atoms with Gasteiger partial charge < -0.3 is 15.0 Å². The predicted molar refractivity (Wildman–Crippen MR) is 102 cm³/mol. The number of methoxy groups -OCH3 is 1. The molecule has 1 fully saturated rings. The van der Waals surface area contributed by atoms with Gasteiger partial charge in [0.2, 0.25) is 0 Å². The minimum Gasteiger partial charge on any atom is -0.497 e. The number of benzene rings is 1. The fourth-order valence-electron chi connectivity index (χ4n) is 3.43. The maximum atomic E-state index is 12.6. The number of hydrogen-bond acceptors (Lipinski definition) is 5. The molecule has 2 amide bonds. The molecule has 4 rings (SSSR count). The highest BCUT2D eigenvalue weighted by Crippen LogP contribution is 2.24. The van der Waals surface area contributed by atoms with E-state index in [0.717, 1.165) is 42.2 Å². The molecule has 0 aliphatic carbocycles. The summed E-state index contributed by atoms with van der Waals surface area (Å²) >= 11 is 0. The molecule has 3 heterocycles. The number of likely N-dealkylation sites (tertiary alicyclic amines) is 1. The van der Waals surface area contributed by atoms with Crippen LogP contribution in [0.2, 0.25) is 0 Å². The highest BCUT2D eigenvalue weighted by molar-refractivity contribution is 5.74. The average molecular weight is 381 g/mol. The van der Waals surface area contributed by atoms with Gasteiger partial charge in [0.1, 0.15) is 17.9 Å². The molecule has 0 bridgehead atoms. The third-order valence-electron chi connectivity index (χ3n) is 4.93. The van der Waals surface area contributed by atoms with E-state index in [1.165, 1.54) is 6.33 Å². The first kappa shape index (κ1) is 18.0. The van der Waals surface area contributed by atoms with E-state index < -0.39 is 0 Å². The van der Waals surface area contributed by atoms with Crippen molar-refractivity contribution >= 4 is 6.03 Å². The second-order valence-corrected chi connectivity index (χ2v) is 6.81. The molecular weight excluding hydrogens is 358 g/mol. The summed E-state index contributed by atoms with van der Waals surface area (Å²) in [7, 11) is 1.64. The number of piperidine rings is 1. The van der Waals surface area contributed by atoms with Crippen LogP contribution in [-0.2, 0) is 6.54 Å². The molecule has 2 aromatic heterocycles. The van der Waals surface area contributed by atoms with Gasteiger partial charge in [-0.1, -0.05) is 6.07 Å². The summed E-state index contributed by atoms with van der Waals surface area (Å²) < 4.78 is 7.02. The van der Waals surface area contributed by atoms with Crippen molar-refractivity contribution in [1.29, 1.82) is 0 Å². The average Bonchev–Trinajstić information content (AvgIpc) is 3.44. The molecule has 0 radical (unpaired) electrons. The first-order chi connectivity index (χ1) is 13.7. The largest absolute Gasteiger partial charge is 0.497 e. The zero-order valence-corrected chi connectivity index (χ0v) is 15.7. The van der Waals surface area contributed by atoms with Gasteiger partial charge in [-0.05, 0) is 25.0 Å². The maximum absolute atomic E-state index is 12.6. The Hall–Kier alpha value is -3.36. The van der Waals surface area contributed by atoms with Gasteiger partial charge in [-0.25, -0.2) is 14.5 Å². The number of aromatic nitrogens is 5. The summed E-state index contributed by atoms with van der Waals surface area (Å²) in [6.45, 7) is 1.82. The minimum absolute atomic E-state index is 0.0710. The van der Waals surface area contributed by atoms with Gasteiger partial charge in [0.05, 0.1) is 19.0 Å². The van der Waals surface area contributed by atoms with Crippen molar-refractivity contribution in [2.75, 3.05) is 20.2 Å². The first-order valence-corrected chi connectivity index (χ1v) is 9.29. The molecule has 0 unspecified atom stereocenters. The summed E-state index contributed by atoms with van der Waals surface area (Å²) in [5.41, 5.74) is 1.84. The van der Waals surface area contributed by atoms with Crippen molar-refractivity contribution < 1.29 is 9.53 Å². The van der Waals surface area contributed by atoms with Gasteiger partial charge in [0, 0.05) is 43.4 Å². The lowest BCUT2D eigenvalue weighted by molar-refractivity contribution is 0.178. The van der Waals surface area contributed by atoms with Crippen molar-refractivity contribution in [2.24, 2.45) is 0 Å². The number of carbonyl (C=O) groups excluding carboxylic acids is 1. The molecule has 9 nitrogen and oxygen atoms in total. The number of urea groups is 1. The van der Waals surface area contributed by atoms with Crippen LogP contribution < -0.4 is 10.1 Å². The van der Waals surface area contributed by atoms with Crippen molar-refractivity contribution in [2.45, 2.75) is 25.3 Å². The Morgan fingerprint density at radius 3 is 3.18 bits per heavy atom. The van der Waals surface area contributed by atoms with E-state index in [2.05, 4.69) is 25.6 Å². The topological polar surface area (TPSA) is 101 Å². The van der Waals surface area contributed by atoms with Crippen molar-refractivity contribution in [3.63, 3.8) is 0 Å². The van der Waals surface area contributed by atoms with E-state index in [9.17, 15) is 4.79 Å². The van der Waals surface area contributed by atoms with Crippen molar-refractivity contribution in [1.82, 2.24) is 35.2 Å². The fourth-order valence-corrected chi connectivity index (χ4v) is 3.43. The number of carbonyl (C=O) groups is 1. The van der Waals surface area contributed by atoms with Gasteiger partial charge in [-0.15, -0.1) is 0 Å². The molecule has 28 heavy (non-hydrogen) atoms. The number of nitrogens with one attached hydrogen (secondary N) is 2. The summed E-state index contributed by atoms with van der Waals surface area (Å²) in [5, 5.41) is 14.2. The third kappa shape index (κ3) is 3.98. The van der Waals surface area contributed by atoms with Gasteiger partial charge in [-0.2, -0.15) is 10.2 Å². The van der Waals surface area contributed by atoms with E-state index in [4.69, 9.17) is 4.74 Å². The van der Waals surface area contributed by atoms with Gasteiger partial charge >= 0.3 is 6.03 Å². The summed E-state index contributed by atoms with van der Waals surface area (Å²) in [6, 6.07) is 7.60. The molecule has 146 valence electrons. The Labute approximate surface area is 162 Å². The highest BCUT2D eigenvalue weighted by Gasteiger charge is 2.26. The van der Waals surface area contributed by atoms with Crippen LogP contribution in [0.4, 0.5) is 4.79 Å². The second-order valence-electron chi connectivity index (χ2n) is 6.81. The van der Waals surface area contributed by atoms with Crippen LogP contribution in [-0.4, -0.2) is 56.1 Å². The molecule has 3 aromatic rings. The number of aromatic amines is 1. The summed E-state index contributed by atoms with van der Waals surface area (Å²) in [4.78, 5) is 18.6. The van der Waals surface area contributed by atoms with Crippen LogP contribution in [0.15, 0.2) is 43.0 Å². The number of ether oxygens (including phenoxy) is 1. The van der Waals surface area contributed by atoms with Crippen LogP contribution in [0.1, 0.15) is 30.1 Å². The van der Waals surface area contributed by atoms with E-state index >= 15 is 0 Å². The Morgan fingerprint density at radius 1 is 1.43 bits per heavy atom. The smallest absolute Gasteiger partial charge is 0.317 e. The highest BCUT2D eigenvalue weighted by atomic mass is 16.5. The van der Waals surface area contributed by atoms with Crippen LogP contribution in [0.5, 0.6) is 5.75 Å². The number of nitrogens with zero attached hydrogens (tertiary/aromatic N) is 5. The maximum Gasteiger partial charge on any atom is 0.317 e. The van der Waals surface area contributed by atoms with Crippen molar-refractivity contribution in [3.8, 4) is 11.4 Å². The summed E-state index contributed by atoms with van der Waals surface area (Å²) in [5.74, 6) is 1.82. The fraction of sp³-hybridized carbons (Fsp3) is 0.368. The molecular formula is C19H23N7O2. The first-order valence-electron chi connectivity index (χ1n) is 9.29. The monoisotopic (exact) mass is 381 g/mol. The molecule has 1 aromatic carbocycles. The van der Waals surface area contributed by atoms with Crippen LogP contribution in [0.3, 0.4) is 0 Å². The summed E-state index contributed by atoms with van der Waals surface area (Å²) in [6.07, 6.45) is 7.13. The molecule has 0 saturated carbocycles. The standard InChI is InChI=1S/C19H23N7O2/c1-28-17-6-2-5-16(8-17)26-11-14(10-23-26)9-20-19(27)25-7-3-4-15(12-25)18-21-13-22-24-18/h2,5-6,8,10-11,13,15H,3-4,7,9,12H2,1H3,(H,20,27)(H,21,22,24)/t15-/m1/s1. The molecule has 0 spiro atoms. The molecule has 1 saturated heterocycles. The molecule has 1 atom stereocenters. The van der Waals surface area contributed by atoms with Crippen LogP contribution in [0, 0.1) is 0 Å². The number of amides is 2. The Balaban J connectivity index is 1.34. The lowest BCUT2D eigenvalue weighted by Gasteiger charge is -2.31. The molecule has 1 aliphatic rings. The Morgan fingerprint density at radius 2 is 2.36 bits per heavy atom. The predicted octanol–water partition coefficient (Wildman–Crippen LogP) is 2.09. The van der Waals surface area contributed by atoms with E-state index in [1.807, 2.05) is 35.4 Å². The number of H-pyrrole nitrogens is 1. The molecule has 1 aliphatic heterocycles.